The molecule has 5 nitrogen and oxygen atoms in total. The van der Waals surface area contributed by atoms with Crippen LogP contribution < -0.4 is 10.6 Å². The fourth-order valence-corrected chi connectivity index (χ4v) is 3.39. The van der Waals surface area contributed by atoms with Crippen molar-refractivity contribution in [2.45, 2.75) is 11.3 Å². The number of benzene rings is 1. The Morgan fingerprint density at radius 2 is 2.30 bits per heavy atom. The number of nitrogens with one attached hydrogen (secondary N) is 2. The summed E-state index contributed by atoms with van der Waals surface area (Å²) in [4.78, 5) is 11.4. The smallest absolute Gasteiger partial charge is 0.230 e. The van der Waals surface area contributed by atoms with Crippen LogP contribution in [0.15, 0.2) is 33.1 Å². The first-order valence-corrected chi connectivity index (χ1v) is 8.52. The maximum atomic E-state index is 11.4. The van der Waals surface area contributed by atoms with Gasteiger partial charge in [-0.3, -0.25) is 4.79 Å². The van der Waals surface area contributed by atoms with Gasteiger partial charge in [-0.1, -0.05) is 45.1 Å². The average Bonchev–Trinajstić information content (AvgIpc) is 2.84. The van der Waals surface area contributed by atoms with Gasteiger partial charge in [-0.2, -0.15) is 0 Å². The predicted molar refractivity (Wildman–Crippen MR) is 86.7 cm³/mol. The summed E-state index contributed by atoms with van der Waals surface area (Å²) < 4.78 is 1.77. The largest absolute Gasteiger partial charge is 0.356 e. The number of thioether (sulfide) groups is 1. The van der Waals surface area contributed by atoms with Crippen molar-refractivity contribution in [2.24, 2.45) is 0 Å². The summed E-state index contributed by atoms with van der Waals surface area (Å²) >= 11 is 6.23. The molecular formula is C12H13BrN4OS2. The number of hydrogen-bond donors (Lipinski definition) is 2. The van der Waals surface area contributed by atoms with Gasteiger partial charge in [0.1, 0.15) is 0 Å². The summed E-state index contributed by atoms with van der Waals surface area (Å²) in [5, 5.41) is 14.7. The Morgan fingerprint density at radius 3 is 3.05 bits per heavy atom. The molecule has 20 heavy (non-hydrogen) atoms. The lowest BCUT2D eigenvalue weighted by Crippen LogP contribution is -2.24. The highest BCUT2D eigenvalue weighted by atomic mass is 79.9. The van der Waals surface area contributed by atoms with Gasteiger partial charge < -0.3 is 10.6 Å². The number of aromatic nitrogens is 2. The summed E-state index contributed by atoms with van der Waals surface area (Å²) in [5.41, 5.74) is 0.941. The van der Waals surface area contributed by atoms with E-state index in [1.54, 1.807) is 0 Å². The molecule has 0 saturated heterocycles. The second-order valence-corrected chi connectivity index (χ2v) is 6.87. The third-order valence-electron chi connectivity index (χ3n) is 2.18. The van der Waals surface area contributed by atoms with E-state index in [2.05, 4.69) is 36.8 Å². The predicted octanol–water partition coefficient (Wildman–Crippen LogP) is 3.27. The number of rotatable bonds is 6. The van der Waals surface area contributed by atoms with Crippen molar-refractivity contribution >= 4 is 55.8 Å². The molecule has 1 amide bonds. The molecule has 1 aromatic heterocycles. The normalized spacial score (nSPS) is 10.3. The number of nitrogens with zero attached hydrogens (tertiary/aromatic N) is 2. The monoisotopic (exact) mass is 372 g/mol. The zero-order valence-corrected chi connectivity index (χ0v) is 13.9. The molecule has 1 heterocycles. The molecule has 0 saturated carbocycles. The summed E-state index contributed by atoms with van der Waals surface area (Å²) in [5.74, 6) is 0.369. The molecule has 2 aromatic rings. The van der Waals surface area contributed by atoms with Gasteiger partial charge in [0.25, 0.3) is 0 Å². The van der Waals surface area contributed by atoms with E-state index < -0.39 is 0 Å². The van der Waals surface area contributed by atoms with E-state index >= 15 is 0 Å². The molecule has 106 valence electrons. The van der Waals surface area contributed by atoms with Crippen LogP contribution in [0.1, 0.15) is 6.92 Å². The first-order valence-electron chi connectivity index (χ1n) is 5.93. The zero-order valence-electron chi connectivity index (χ0n) is 10.7. The third-order valence-corrected chi connectivity index (χ3v) is 4.65. The van der Waals surface area contributed by atoms with Crippen LogP contribution in [0.25, 0.3) is 0 Å². The Labute approximate surface area is 133 Å². The van der Waals surface area contributed by atoms with Crippen LogP contribution in [-0.2, 0) is 4.79 Å². The fraction of sp³-hybridized carbons (Fsp3) is 0.250. The van der Waals surface area contributed by atoms with E-state index in [0.29, 0.717) is 17.4 Å². The van der Waals surface area contributed by atoms with Crippen molar-refractivity contribution in [3.8, 4) is 0 Å². The van der Waals surface area contributed by atoms with E-state index in [9.17, 15) is 4.79 Å². The van der Waals surface area contributed by atoms with Crippen molar-refractivity contribution in [1.82, 2.24) is 15.5 Å². The lowest BCUT2D eigenvalue weighted by Gasteiger charge is -2.01. The van der Waals surface area contributed by atoms with Crippen LogP contribution in [0.3, 0.4) is 0 Å². The molecule has 0 aliphatic heterocycles. The van der Waals surface area contributed by atoms with Gasteiger partial charge in [0.05, 0.1) is 5.75 Å². The molecule has 0 unspecified atom stereocenters. The number of amides is 1. The molecule has 1 aromatic carbocycles. The van der Waals surface area contributed by atoms with Crippen molar-refractivity contribution < 1.29 is 4.79 Å². The summed E-state index contributed by atoms with van der Waals surface area (Å²) in [6.45, 7) is 2.54. The van der Waals surface area contributed by atoms with E-state index in [1.165, 1.54) is 23.1 Å². The number of anilines is 2. The lowest BCUT2D eigenvalue weighted by molar-refractivity contribution is -0.118. The fourth-order valence-electron chi connectivity index (χ4n) is 1.38. The quantitative estimate of drug-likeness (QED) is 0.761. The summed E-state index contributed by atoms with van der Waals surface area (Å²) in [7, 11) is 0. The number of carbonyl (C=O) groups is 1. The van der Waals surface area contributed by atoms with Crippen molar-refractivity contribution in [1.29, 1.82) is 0 Å². The van der Waals surface area contributed by atoms with Crippen LogP contribution in [0.2, 0.25) is 0 Å². The molecule has 2 rings (SSSR count). The molecule has 0 bridgehead atoms. The second kappa shape index (κ2) is 7.61. The van der Waals surface area contributed by atoms with Gasteiger partial charge in [0, 0.05) is 16.7 Å². The average molecular weight is 373 g/mol. The van der Waals surface area contributed by atoms with Crippen LogP contribution in [0.4, 0.5) is 10.8 Å². The van der Waals surface area contributed by atoms with Crippen LogP contribution in [0, 0.1) is 0 Å². The highest BCUT2D eigenvalue weighted by Gasteiger charge is 2.07. The SMILES string of the molecule is CCNC(=O)CSc1nnc(Nc2cccc(Br)c2)s1. The zero-order chi connectivity index (χ0) is 14.4. The van der Waals surface area contributed by atoms with E-state index in [-0.39, 0.29) is 5.91 Å². The first-order chi connectivity index (χ1) is 9.67. The standard InChI is InChI=1S/C12H13BrN4OS2/c1-2-14-10(18)7-19-12-17-16-11(20-12)15-9-5-3-4-8(13)6-9/h3-6H,2,7H2,1H3,(H,14,18)(H,15,16). The van der Waals surface area contributed by atoms with Crippen molar-refractivity contribution in [3.05, 3.63) is 28.7 Å². The van der Waals surface area contributed by atoms with Gasteiger partial charge in [-0.15, -0.1) is 10.2 Å². The number of hydrogen-bond acceptors (Lipinski definition) is 6. The highest BCUT2D eigenvalue weighted by molar-refractivity contribution is 9.10. The van der Waals surface area contributed by atoms with Crippen LogP contribution in [-0.4, -0.2) is 28.4 Å². The summed E-state index contributed by atoms with van der Waals surface area (Å²) in [6, 6.07) is 7.81. The van der Waals surface area contributed by atoms with Gasteiger partial charge in [-0.25, -0.2) is 0 Å². The van der Waals surface area contributed by atoms with Gasteiger partial charge in [-0.05, 0) is 25.1 Å². The topological polar surface area (TPSA) is 66.9 Å². The van der Waals surface area contributed by atoms with Crippen molar-refractivity contribution in [2.75, 3.05) is 17.6 Å². The maximum Gasteiger partial charge on any atom is 0.230 e. The van der Waals surface area contributed by atoms with E-state index in [4.69, 9.17) is 0 Å². The number of halogens is 1. The van der Waals surface area contributed by atoms with Crippen LogP contribution >= 0.6 is 39.0 Å². The highest BCUT2D eigenvalue weighted by Crippen LogP contribution is 2.28. The Morgan fingerprint density at radius 1 is 1.45 bits per heavy atom. The Hall–Kier alpha value is -1.12. The molecule has 0 radical (unpaired) electrons. The Bertz CT molecular complexity index is 590. The van der Waals surface area contributed by atoms with Gasteiger partial charge >= 0.3 is 0 Å². The molecule has 0 aliphatic rings. The van der Waals surface area contributed by atoms with Gasteiger partial charge in [0.2, 0.25) is 11.0 Å². The molecule has 0 aliphatic carbocycles. The minimum atomic E-state index is 0.00852. The maximum absolute atomic E-state index is 11.4. The lowest BCUT2D eigenvalue weighted by atomic mass is 10.3. The molecular weight excluding hydrogens is 360 g/mol. The Balaban J connectivity index is 1.90. The van der Waals surface area contributed by atoms with E-state index in [0.717, 1.165) is 14.5 Å². The molecule has 0 atom stereocenters. The molecule has 2 N–H and O–H groups in total. The van der Waals surface area contributed by atoms with E-state index in [1.807, 2.05) is 31.2 Å². The second-order valence-electron chi connectivity index (χ2n) is 3.75. The Kier molecular flexibility index (Phi) is 5.81. The third kappa shape index (κ3) is 4.77. The van der Waals surface area contributed by atoms with Crippen molar-refractivity contribution in [3.63, 3.8) is 0 Å². The molecule has 0 fully saturated rings. The van der Waals surface area contributed by atoms with Gasteiger partial charge in [0.15, 0.2) is 4.34 Å². The minimum absolute atomic E-state index is 0.00852. The first kappa shape index (κ1) is 15.3. The molecule has 0 spiro atoms. The van der Waals surface area contributed by atoms with Crippen LogP contribution in [0.5, 0.6) is 0 Å². The number of carbonyl (C=O) groups excluding carboxylic acids is 1. The molecule has 8 heteroatoms. The summed E-state index contributed by atoms with van der Waals surface area (Å²) in [6.07, 6.45) is 0. The minimum Gasteiger partial charge on any atom is -0.356 e.